The molecule has 2 rings (SSSR count). The van der Waals surface area contributed by atoms with E-state index in [2.05, 4.69) is 0 Å². The molecule has 0 amide bonds. The van der Waals surface area contributed by atoms with Crippen LogP contribution in [0.1, 0.15) is 18.6 Å². The van der Waals surface area contributed by atoms with Crippen molar-refractivity contribution >= 4 is 23.4 Å². The first-order chi connectivity index (χ1) is 8.97. The molecule has 2 aromatic carbocycles. The quantitative estimate of drug-likeness (QED) is 0.876. The largest absolute Gasteiger partial charge is 0.389 e. The van der Waals surface area contributed by atoms with Crippen molar-refractivity contribution in [2.45, 2.75) is 22.8 Å². The fourth-order valence-corrected chi connectivity index (χ4v) is 2.86. The SMILES string of the molecule is CC(O)c1ccc(Sc2ccc(F)cc2F)cc1Cl. The molecule has 0 aliphatic carbocycles. The smallest absolute Gasteiger partial charge is 0.140 e. The highest BCUT2D eigenvalue weighted by atomic mass is 35.5. The second kappa shape index (κ2) is 5.90. The average molecular weight is 301 g/mol. The lowest BCUT2D eigenvalue weighted by atomic mass is 10.1. The maximum atomic E-state index is 13.5. The third kappa shape index (κ3) is 3.47. The monoisotopic (exact) mass is 300 g/mol. The average Bonchev–Trinajstić information content (AvgIpc) is 2.32. The van der Waals surface area contributed by atoms with E-state index in [0.29, 0.717) is 15.5 Å². The second-order valence-electron chi connectivity index (χ2n) is 4.04. The summed E-state index contributed by atoms with van der Waals surface area (Å²) in [6.45, 7) is 1.62. The molecule has 5 heteroatoms. The van der Waals surface area contributed by atoms with Crippen LogP contribution in [-0.4, -0.2) is 5.11 Å². The summed E-state index contributed by atoms with van der Waals surface area (Å²) in [5.74, 6) is -1.22. The molecule has 1 nitrogen and oxygen atoms in total. The molecule has 19 heavy (non-hydrogen) atoms. The number of hydrogen-bond acceptors (Lipinski definition) is 2. The Bertz CT molecular complexity index is 602. The Labute approximate surface area is 119 Å². The normalized spacial score (nSPS) is 12.5. The summed E-state index contributed by atoms with van der Waals surface area (Å²) >= 11 is 7.18. The number of benzene rings is 2. The van der Waals surface area contributed by atoms with Gasteiger partial charge in [-0.15, -0.1) is 0 Å². The Morgan fingerprint density at radius 1 is 1.16 bits per heavy atom. The zero-order valence-electron chi connectivity index (χ0n) is 10.0. The third-order valence-corrected chi connectivity index (χ3v) is 3.91. The van der Waals surface area contributed by atoms with Gasteiger partial charge in [0.05, 0.1) is 6.10 Å². The summed E-state index contributed by atoms with van der Waals surface area (Å²) < 4.78 is 26.3. The summed E-state index contributed by atoms with van der Waals surface area (Å²) in [4.78, 5) is 1.04. The van der Waals surface area contributed by atoms with Crippen molar-refractivity contribution in [3.8, 4) is 0 Å². The van der Waals surface area contributed by atoms with E-state index in [1.165, 1.54) is 12.1 Å². The van der Waals surface area contributed by atoms with Crippen LogP contribution in [0.4, 0.5) is 8.78 Å². The Hall–Kier alpha value is -1.10. The first-order valence-corrected chi connectivity index (χ1v) is 6.77. The number of hydrogen-bond donors (Lipinski definition) is 1. The van der Waals surface area contributed by atoms with Gasteiger partial charge in [-0.1, -0.05) is 29.4 Å². The minimum atomic E-state index is -0.658. The van der Waals surface area contributed by atoms with Crippen molar-refractivity contribution < 1.29 is 13.9 Å². The molecule has 1 atom stereocenters. The van der Waals surface area contributed by atoms with Gasteiger partial charge >= 0.3 is 0 Å². The summed E-state index contributed by atoms with van der Waals surface area (Å²) in [6.07, 6.45) is -0.658. The van der Waals surface area contributed by atoms with Gasteiger partial charge in [0.25, 0.3) is 0 Å². The number of rotatable bonds is 3. The first-order valence-electron chi connectivity index (χ1n) is 5.58. The minimum Gasteiger partial charge on any atom is -0.389 e. The van der Waals surface area contributed by atoms with Crippen molar-refractivity contribution in [3.05, 3.63) is 58.6 Å². The van der Waals surface area contributed by atoms with Crippen molar-refractivity contribution in [2.75, 3.05) is 0 Å². The molecule has 0 radical (unpaired) electrons. The Balaban J connectivity index is 2.26. The van der Waals surface area contributed by atoms with Crippen LogP contribution in [0.25, 0.3) is 0 Å². The molecule has 0 saturated carbocycles. The molecule has 1 N–H and O–H groups in total. The maximum absolute atomic E-state index is 13.5. The third-order valence-electron chi connectivity index (χ3n) is 2.54. The Morgan fingerprint density at radius 3 is 2.47 bits per heavy atom. The van der Waals surface area contributed by atoms with Crippen LogP contribution in [-0.2, 0) is 0 Å². The van der Waals surface area contributed by atoms with E-state index in [1.54, 1.807) is 25.1 Å². The summed E-state index contributed by atoms with van der Waals surface area (Å²) in [6, 6.07) is 8.51. The van der Waals surface area contributed by atoms with Crippen LogP contribution < -0.4 is 0 Å². The maximum Gasteiger partial charge on any atom is 0.140 e. The Kier molecular flexibility index (Phi) is 4.45. The summed E-state index contributed by atoms with van der Waals surface area (Å²) in [5, 5.41) is 9.89. The predicted octanol–water partition coefficient (Wildman–Crippen LogP) is 4.82. The van der Waals surface area contributed by atoms with Crippen molar-refractivity contribution in [1.29, 1.82) is 0 Å². The molecule has 100 valence electrons. The minimum absolute atomic E-state index is 0.322. The second-order valence-corrected chi connectivity index (χ2v) is 5.56. The number of aliphatic hydroxyl groups excluding tert-OH is 1. The van der Waals surface area contributed by atoms with Gasteiger partial charge in [0.2, 0.25) is 0 Å². The van der Waals surface area contributed by atoms with Crippen LogP contribution in [0.2, 0.25) is 5.02 Å². The number of halogens is 3. The Morgan fingerprint density at radius 2 is 1.89 bits per heavy atom. The van der Waals surface area contributed by atoms with Gasteiger partial charge in [-0.25, -0.2) is 8.78 Å². The van der Waals surface area contributed by atoms with Gasteiger partial charge < -0.3 is 5.11 Å². The molecule has 2 aromatic rings. The van der Waals surface area contributed by atoms with Crippen LogP contribution in [0.5, 0.6) is 0 Å². The van der Waals surface area contributed by atoms with E-state index in [1.807, 2.05) is 0 Å². The van der Waals surface area contributed by atoms with E-state index >= 15 is 0 Å². The standard InChI is InChI=1S/C14H11ClF2OS/c1-8(18)11-4-3-10(7-12(11)15)19-14-5-2-9(16)6-13(14)17/h2-8,18H,1H3. The van der Waals surface area contributed by atoms with Gasteiger partial charge in [0, 0.05) is 20.9 Å². The molecule has 0 bridgehead atoms. The topological polar surface area (TPSA) is 20.2 Å². The van der Waals surface area contributed by atoms with Crippen molar-refractivity contribution in [2.24, 2.45) is 0 Å². The summed E-state index contributed by atoms with van der Waals surface area (Å²) in [7, 11) is 0. The zero-order valence-corrected chi connectivity index (χ0v) is 11.6. The fourth-order valence-electron chi connectivity index (χ4n) is 1.60. The zero-order chi connectivity index (χ0) is 14.0. The predicted molar refractivity (Wildman–Crippen MR) is 72.6 cm³/mol. The molecule has 0 aromatic heterocycles. The van der Waals surface area contributed by atoms with Gasteiger partial charge in [-0.05, 0) is 36.8 Å². The van der Waals surface area contributed by atoms with Crippen LogP contribution >= 0.6 is 23.4 Å². The van der Waals surface area contributed by atoms with E-state index < -0.39 is 17.7 Å². The highest BCUT2D eigenvalue weighted by Crippen LogP contribution is 2.34. The van der Waals surface area contributed by atoms with Crippen LogP contribution in [0.3, 0.4) is 0 Å². The lowest BCUT2D eigenvalue weighted by molar-refractivity contribution is 0.199. The lowest BCUT2D eigenvalue weighted by Crippen LogP contribution is -1.92. The summed E-state index contributed by atoms with van der Waals surface area (Å²) in [5.41, 5.74) is 0.616. The first kappa shape index (κ1) is 14.3. The molecular weight excluding hydrogens is 290 g/mol. The fraction of sp³-hybridized carbons (Fsp3) is 0.143. The van der Waals surface area contributed by atoms with E-state index in [-0.39, 0.29) is 0 Å². The van der Waals surface area contributed by atoms with Gasteiger partial charge in [-0.3, -0.25) is 0 Å². The van der Waals surface area contributed by atoms with Gasteiger partial charge in [0.1, 0.15) is 11.6 Å². The molecule has 0 aliphatic heterocycles. The van der Waals surface area contributed by atoms with Crippen molar-refractivity contribution in [1.82, 2.24) is 0 Å². The van der Waals surface area contributed by atoms with E-state index in [4.69, 9.17) is 11.6 Å². The van der Waals surface area contributed by atoms with Crippen molar-refractivity contribution in [3.63, 3.8) is 0 Å². The molecule has 0 fully saturated rings. The van der Waals surface area contributed by atoms with E-state index in [9.17, 15) is 13.9 Å². The molecule has 0 saturated heterocycles. The highest BCUT2D eigenvalue weighted by molar-refractivity contribution is 7.99. The molecule has 0 heterocycles. The van der Waals surface area contributed by atoms with E-state index in [0.717, 1.165) is 22.7 Å². The molecular formula is C14H11ClF2OS. The molecule has 0 aliphatic rings. The number of aliphatic hydroxyl groups is 1. The lowest BCUT2D eigenvalue weighted by Gasteiger charge is -2.09. The van der Waals surface area contributed by atoms with Gasteiger partial charge in [0.15, 0.2) is 0 Å². The molecule has 1 unspecified atom stereocenters. The van der Waals surface area contributed by atoms with Crippen LogP contribution in [0.15, 0.2) is 46.2 Å². The highest BCUT2D eigenvalue weighted by Gasteiger charge is 2.10. The molecule has 0 spiro atoms. The van der Waals surface area contributed by atoms with Gasteiger partial charge in [-0.2, -0.15) is 0 Å². The van der Waals surface area contributed by atoms with Crippen LogP contribution in [0, 0.1) is 11.6 Å².